The Bertz CT molecular complexity index is 382. The molecule has 2 rings (SSSR count). The summed E-state index contributed by atoms with van der Waals surface area (Å²) in [6, 6.07) is 6.09. The summed E-state index contributed by atoms with van der Waals surface area (Å²) in [4.78, 5) is 0. The Hall–Kier alpha value is -1.00. The van der Waals surface area contributed by atoms with Crippen LogP contribution in [0, 0.1) is 0 Å². The molecular formula is C8H9N3S. The number of hydrogen-bond donors (Lipinski definition) is 1. The first-order chi connectivity index (χ1) is 5.90. The normalized spacial score (nSPS) is 10.8. The molecule has 0 unspecified atom stereocenters. The van der Waals surface area contributed by atoms with E-state index in [2.05, 4.69) is 14.8 Å². The van der Waals surface area contributed by atoms with Crippen LogP contribution in [0.5, 0.6) is 0 Å². The van der Waals surface area contributed by atoms with E-state index in [0.29, 0.717) is 6.54 Å². The summed E-state index contributed by atoms with van der Waals surface area (Å²) >= 11 is 1.25. The summed E-state index contributed by atoms with van der Waals surface area (Å²) < 4.78 is 8.27. The molecule has 3 nitrogen and oxygen atoms in total. The summed E-state index contributed by atoms with van der Waals surface area (Å²) in [6.07, 6.45) is 0.910. The first-order valence-electron chi connectivity index (χ1n) is 3.81. The molecule has 0 spiro atoms. The largest absolute Gasteiger partial charge is 0.330 e. The van der Waals surface area contributed by atoms with Gasteiger partial charge in [0.15, 0.2) is 0 Å². The van der Waals surface area contributed by atoms with Crippen molar-refractivity contribution in [1.82, 2.24) is 8.75 Å². The zero-order valence-corrected chi connectivity index (χ0v) is 7.34. The monoisotopic (exact) mass is 179 g/mol. The molecule has 0 radical (unpaired) electrons. The average Bonchev–Trinajstić information content (AvgIpc) is 2.51. The van der Waals surface area contributed by atoms with Crippen molar-refractivity contribution in [3.63, 3.8) is 0 Å². The van der Waals surface area contributed by atoms with Gasteiger partial charge in [-0.15, -0.1) is 0 Å². The number of aromatic nitrogens is 2. The predicted molar refractivity (Wildman–Crippen MR) is 50.2 cm³/mol. The maximum Gasteiger partial charge on any atom is 0.105 e. The van der Waals surface area contributed by atoms with Crippen LogP contribution in [0.3, 0.4) is 0 Å². The van der Waals surface area contributed by atoms with Crippen LogP contribution in [0.2, 0.25) is 0 Å². The Morgan fingerprint density at radius 3 is 2.92 bits per heavy atom. The molecule has 0 aliphatic rings. The van der Waals surface area contributed by atoms with Gasteiger partial charge in [0.2, 0.25) is 0 Å². The molecule has 0 fully saturated rings. The van der Waals surface area contributed by atoms with Crippen molar-refractivity contribution in [1.29, 1.82) is 0 Å². The third-order valence-corrected chi connectivity index (χ3v) is 2.31. The maximum absolute atomic E-state index is 5.45. The van der Waals surface area contributed by atoms with Gasteiger partial charge in [0.25, 0.3) is 0 Å². The molecule has 0 aliphatic heterocycles. The minimum Gasteiger partial charge on any atom is -0.330 e. The number of benzene rings is 1. The van der Waals surface area contributed by atoms with Gasteiger partial charge < -0.3 is 5.73 Å². The van der Waals surface area contributed by atoms with Crippen LogP contribution in [0.25, 0.3) is 11.0 Å². The van der Waals surface area contributed by atoms with E-state index in [0.717, 1.165) is 17.5 Å². The van der Waals surface area contributed by atoms with Gasteiger partial charge in [-0.05, 0) is 30.7 Å². The molecule has 2 N–H and O–H groups in total. The lowest BCUT2D eigenvalue weighted by Crippen LogP contribution is -2.02. The first-order valence-corrected chi connectivity index (χ1v) is 4.54. The van der Waals surface area contributed by atoms with Gasteiger partial charge in [0, 0.05) is 0 Å². The molecular weight excluding hydrogens is 170 g/mol. The standard InChI is InChI=1S/C8H9N3S/c9-4-3-6-1-2-7-8(5-6)11-12-10-7/h1-2,5H,3-4,9H2. The fourth-order valence-corrected chi connectivity index (χ4v) is 1.67. The van der Waals surface area contributed by atoms with Crippen molar-refractivity contribution >= 4 is 22.8 Å². The van der Waals surface area contributed by atoms with Gasteiger partial charge in [-0.2, -0.15) is 8.75 Å². The summed E-state index contributed by atoms with van der Waals surface area (Å²) in [5, 5.41) is 0. The van der Waals surface area contributed by atoms with Crippen LogP contribution in [0.4, 0.5) is 0 Å². The first kappa shape index (κ1) is 7.64. The molecule has 4 heteroatoms. The topological polar surface area (TPSA) is 51.8 Å². The van der Waals surface area contributed by atoms with Gasteiger partial charge in [-0.1, -0.05) is 6.07 Å². The quantitative estimate of drug-likeness (QED) is 0.753. The summed E-state index contributed by atoms with van der Waals surface area (Å²) in [5.74, 6) is 0. The second-order valence-electron chi connectivity index (χ2n) is 2.63. The fourth-order valence-electron chi connectivity index (χ4n) is 1.15. The SMILES string of the molecule is NCCc1ccc2nsnc2c1. The fraction of sp³-hybridized carbons (Fsp3) is 0.250. The van der Waals surface area contributed by atoms with Crippen LogP contribution in [-0.4, -0.2) is 15.3 Å². The Morgan fingerprint density at radius 2 is 2.08 bits per heavy atom. The average molecular weight is 179 g/mol. The number of hydrogen-bond acceptors (Lipinski definition) is 4. The molecule has 1 aromatic carbocycles. The molecule has 0 aliphatic carbocycles. The van der Waals surface area contributed by atoms with Crippen LogP contribution < -0.4 is 5.73 Å². The van der Waals surface area contributed by atoms with Crippen molar-refractivity contribution in [2.45, 2.75) is 6.42 Å². The summed E-state index contributed by atoms with van der Waals surface area (Å²) in [6.45, 7) is 0.684. The molecule has 0 atom stereocenters. The second kappa shape index (κ2) is 3.16. The lowest BCUT2D eigenvalue weighted by Gasteiger charge is -1.95. The van der Waals surface area contributed by atoms with Crippen LogP contribution >= 0.6 is 11.7 Å². The summed E-state index contributed by atoms with van der Waals surface area (Å²) in [7, 11) is 0. The van der Waals surface area contributed by atoms with E-state index in [4.69, 9.17) is 5.73 Å². The highest BCUT2D eigenvalue weighted by molar-refractivity contribution is 7.00. The lowest BCUT2D eigenvalue weighted by molar-refractivity contribution is 0.970. The lowest BCUT2D eigenvalue weighted by atomic mass is 10.1. The molecule has 2 aromatic rings. The number of nitrogens with zero attached hydrogens (tertiary/aromatic N) is 2. The molecule has 62 valence electrons. The smallest absolute Gasteiger partial charge is 0.105 e. The molecule has 0 saturated carbocycles. The Balaban J connectivity index is 2.46. The second-order valence-corrected chi connectivity index (χ2v) is 3.15. The third kappa shape index (κ3) is 1.31. The number of fused-ring (bicyclic) bond motifs is 1. The Labute approximate surface area is 74.5 Å². The maximum atomic E-state index is 5.45. The highest BCUT2D eigenvalue weighted by Gasteiger charge is 1.98. The van der Waals surface area contributed by atoms with Crippen LogP contribution in [-0.2, 0) is 6.42 Å². The van der Waals surface area contributed by atoms with E-state index in [-0.39, 0.29) is 0 Å². The van der Waals surface area contributed by atoms with Crippen molar-refractivity contribution in [2.24, 2.45) is 5.73 Å². The van der Waals surface area contributed by atoms with Crippen LogP contribution in [0.1, 0.15) is 5.56 Å². The zero-order valence-electron chi connectivity index (χ0n) is 6.53. The molecule has 12 heavy (non-hydrogen) atoms. The third-order valence-electron chi connectivity index (χ3n) is 1.75. The highest BCUT2D eigenvalue weighted by Crippen LogP contribution is 2.13. The zero-order chi connectivity index (χ0) is 8.39. The van der Waals surface area contributed by atoms with E-state index in [9.17, 15) is 0 Å². The number of nitrogens with two attached hydrogens (primary N) is 1. The molecule has 0 bridgehead atoms. The minimum absolute atomic E-state index is 0.684. The number of rotatable bonds is 2. The van der Waals surface area contributed by atoms with Gasteiger partial charge in [0.05, 0.1) is 11.7 Å². The molecule has 0 saturated heterocycles. The van der Waals surface area contributed by atoms with Crippen molar-refractivity contribution < 1.29 is 0 Å². The predicted octanol–water partition coefficient (Wildman–Crippen LogP) is 1.19. The summed E-state index contributed by atoms with van der Waals surface area (Å²) in [5.41, 5.74) is 8.63. The van der Waals surface area contributed by atoms with Gasteiger partial charge in [0.1, 0.15) is 11.0 Å². The van der Waals surface area contributed by atoms with E-state index >= 15 is 0 Å². The molecule has 1 aromatic heterocycles. The Morgan fingerprint density at radius 1 is 1.25 bits per heavy atom. The molecule has 1 heterocycles. The van der Waals surface area contributed by atoms with Crippen molar-refractivity contribution in [3.8, 4) is 0 Å². The molecule has 0 amide bonds. The van der Waals surface area contributed by atoms with Gasteiger partial charge >= 0.3 is 0 Å². The highest BCUT2D eigenvalue weighted by atomic mass is 32.1. The van der Waals surface area contributed by atoms with Crippen LogP contribution in [0.15, 0.2) is 18.2 Å². The van der Waals surface area contributed by atoms with E-state index in [1.54, 1.807) is 0 Å². The Kier molecular flexibility index (Phi) is 2.01. The van der Waals surface area contributed by atoms with E-state index in [1.165, 1.54) is 17.3 Å². The van der Waals surface area contributed by atoms with E-state index in [1.807, 2.05) is 12.1 Å². The van der Waals surface area contributed by atoms with Crippen molar-refractivity contribution in [2.75, 3.05) is 6.54 Å². The minimum atomic E-state index is 0.684. The van der Waals surface area contributed by atoms with Gasteiger partial charge in [-0.3, -0.25) is 0 Å². The van der Waals surface area contributed by atoms with Crippen molar-refractivity contribution in [3.05, 3.63) is 23.8 Å². The van der Waals surface area contributed by atoms with Gasteiger partial charge in [-0.25, -0.2) is 0 Å². The van der Waals surface area contributed by atoms with E-state index < -0.39 is 0 Å².